The standard InChI is InChI=1S/C24H33N3O5S/c1-5-22(24(29)25-2)26(18-19-11-7-6-8-12-19)23(28)15-10-16-27(33(4,30)31)20-13-9-14-21(17-20)32-3/h6-9,11-14,17,22H,5,10,15-16,18H2,1-4H3,(H,25,29)/t22-/m1/s1. The van der Waals surface area contributed by atoms with Crippen molar-refractivity contribution in [1.82, 2.24) is 10.2 Å². The molecule has 0 spiro atoms. The second kappa shape index (κ2) is 12.2. The Morgan fingerprint density at radius 2 is 1.79 bits per heavy atom. The van der Waals surface area contributed by atoms with Gasteiger partial charge >= 0.3 is 0 Å². The number of anilines is 1. The molecule has 8 nitrogen and oxygen atoms in total. The van der Waals surface area contributed by atoms with Gasteiger partial charge in [0, 0.05) is 32.6 Å². The zero-order chi connectivity index (χ0) is 24.4. The second-order valence-electron chi connectivity index (χ2n) is 7.69. The molecule has 0 aliphatic rings. The normalized spacial score (nSPS) is 12.0. The van der Waals surface area contributed by atoms with E-state index in [1.54, 1.807) is 36.2 Å². The summed E-state index contributed by atoms with van der Waals surface area (Å²) >= 11 is 0. The molecule has 0 fully saturated rings. The maximum absolute atomic E-state index is 13.2. The summed E-state index contributed by atoms with van der Waals surface area (Å²) in [5.41, 5.74) is 1.39. The summed E-state index contributed by atoms with van der Waals surface area (Å²) in [6, 6.07) is 15.7. The number of methoxy groups -OCH3 is 1. The van der Waals surface area contributed by atoms with Gasteiger partial charge in [0.05, 0.1) is 19.1 Å². The van der Waals surface area contributed by atoms with Crippen LogP contribution in [-0.4, -0.2) is 58.1 Å². The molecule has 2 amide bonds. The minimum absolute atomic E-state index is 0.107. The Balaban J connectivity index is 2.17. The zero-order valence-corrected chi connectivity index (χ0v) is 20.5. The first-order chi connectivity index (χ1) is 15.7. The van der Waals surface area contributed by atoms with Crippen molar-refractivity contribution in [2.24, 2.45) is 0 Å². The summed E-state index contributed by atoms with van der Waals surface area (Å²) in [4.78, 5) is 27.2. The van der Waals surface area contributed by atoms with E-state index in [0.29, 0.717) is 30.8 Å². The van der Waals surface area contributed by atoms with Crippen molar-refractivity contribution >= 4 is 27.5 Å². The molecule has 0 saturated carbocycles. The molecule has 2 aromatic carbocycles. The number of hydrogen-bond acceptors (Lipinski definition) is 5. The Morgan fingerprint density at radius 1 is 1.09 bits per heavy atom. The lowest BCUT2D eigenvalue weighted by molar-refractivity contribution is -0.141. The summed E-state index contributed by atoms with van der Waals surface area (Å²) in [5, 5.41) is 2.63. The molecule has 0 radical (unpaired) electrons. The van der Waals surface area contributed by atoms with Crippen LogP contribution in [0.1, 0.15) is 31.7 Å². The van der Waals surface area contributed by atoms with Crippen molar-refractivity contribution < 1.29 is 22.7 Å². The maximum Gasteiger partial charge on any atom is 0.242 e. The van der Waals surface area contributed by atoms with Crippen LogP contribution in [0, 0.1) is 0 Å². The minimum atomic E-state index is -3.56. The van der Waals surface area contributed by atoms with E-state index in [-0.39, 0.29) is 24.8 Å². The topological polar surface area (TPSA) is 96.0 Å². The molecule has 33 heavy (non-hydrogen) atoms. The van der Waals surface area contributed by atoms with Gasteiger partial charge in [0.2, 0.25) is 21.8 Å². The van der Waals surface area contributed by atoms with Crippen molar-refractivity contribution in [3.05, 3.63) is 60.2 Å². The van der Waals surface area contributed by atoms with Crippen LogP contribution in [0.4, 0.5) is 5.69 Å². The number of sulfonamides is 1. The highest BCUT2D eigenvalue weighted by Gasteiger charge is 2.28. The molecule has 2 rings (SSSR count). The summed E-state index contributed by atoms with van der Waals surface area (Å²) in [7, 11) is -0.495. The Labute approximate surface area is 196 Å². The average Bonchev–Trinajstić information content (AvgIpc) is 2.81. The van der Waals surface area contributed by atoms with Gasteiger partial charge in [-0.15, -0.1) is 0 Å². The van der Waals surface area contributed by atoms with Crippen LogP contribution in [0.25, 0.3) is 0 Å². The fraction of sp³-hybridized carbons (Fsp3) is 0.417. The number of hydrogen-bond donors (Lipinski definition) is 1. The number of rotatable bonds is 12. The molecule has 1 atom stereocenters. The summed E-state index contributed by atoms with van der Waals surface area (Å²) in [6.45, 7) is 2.30. The lowest BCUT2D eigenvalue weighted by Crippen LogP contribution is -2.48. The Kier molecular flexibility index (Phi) is 9.72. The van der Waals surface area contributed by atoms with Gasteiger partial charge in [0.1, 0.15) is 11.8 Å². The molecule has 0 aliphatic heterocycles. The highest BCUT2D eigenvalue weighted by molar-refractivity contribution is 7.92. The highest BCUT2D eigenvalue weighted by Crippen LogP contribution is 2.24. The van der Waals surface area contributed by atoms with Crippen LogP contribution < -0.4 is 14.4 Å². The van der Waals surface area contributed by atoms with Crippen molar-refractivity contribution in [2.75, 3.05) is 31.3 Å². The van der Waals surface area contributed by atoms with Crippen molar-refractivity contribution in [1.29, 1.82) is 0 Å². The molecule has 0 unspecified atom stereocenters. The SMILES string of the molecule is CC[C@H](C(=O)NC)N(Cc1ccccc1)C(=O)CCCN(c1cccc(OC)c1)S(C)(=O)=O. The number of carbonyl (C=O) groups excluding carboxylic acids is 2. The molecule has 0 aliphatic carbocycles. The predicted octanol–water partition coefficient (Wildman–Crippen LogP) is 2.79. The molecular weight excluding hydrogens is 442 g/mol. The average molecular weight is 476 g/mol. The smallest absolute Gasteiger partial charge is 0.242 e. The van der Waals surface area contributed by atoms with Crippen LogP contribution >= 0.6 is 0 Å². The number of ether oxygens (including phenoxy) is 1. The Hall–Kier alpha value is -3.07. The van der Waals surface area contributed by atoms with E-state index in [0.717, 1.165) is 11.8 Å². The zero-order valence-electron chi connectivity index (χ0n) is 19.7. The minimum Gasteiger partial charge on any atom is -0.497 e. The Bertz CT molecular complexity index is 1030. The number of nitrogens with zero attached hydrogens (tertiary/aromatic N) is 2. The van der Waals surface area contributed by atoms with Crippen molar-refractivity contribution in [3.8, 4) is 5.75 Å². The molecule has 2 aromatic rings. The maximum atomic E-state index is 13.2. The molecular formula is C24H33N3O5S. The largest absolute Gasteiger partial charge is 0.497 e. The summed E-state index contributed by atoms with van der Waals surface area (Å²) in [6.07, 6.45) is 2.02. The lowest BCUT2D eigenvalue weighted by atomic mass is 10.1. The van der Waals surface area contributed by atoms with Crippen LogP contribution in [0.2, 0.25) is 0 Å². The number of amides is 2. The van der Waals surface area contributed by atoms with Gasteiger partial charge in [-0.1, -0.05) is 43.3 Å². The number of carbonyl (C=O) groups is 2. The summed E-state index contributed by atoms with van der Waals surface area (Å²) in [5.74, 6) is 0.118. The van der Waals surface area contributed by atoms with Gasteiger partial charge in [-0.2, -0.15) is 0 Å². The monoisotopic (exact) mass is 475 g/mol. The van der Waals surface area contributed by atoms with Gasteiger partial charge in [-0.05, 0) is 30.5 Å². The molecule has 1 N–H and O–H groups in total. The van der Waals surface area contributed by atoms with Crippen LogP contribution in [0.5, 0.6) is 5.75 Å². The third kappa shape index (κ3) is 7.49. The van der Waals surface area contributed by atoms with E-state index >= 15 is 0 Å². The summed E-state index contributed by atoms with van der Waals surface area (Å²) < 4.78 is 31.3. The van der Waals surface area contributed by atoms with E-state index in [1.165, 1.54) is 11.4 Å². The van der Waals surface area contributed by atoms with Gasteiger partial charge < -0.3 is 15.0 Å². The van der Waals surface area contributed by atoms with Crippen molar-refractivity contribution in [2.45, 2.75) is 38.8 Å². The third-order valence-corrected chi connectivity index (χ3v) is 6.52. The number of likely N-dealkylation sites (N-methyl/N-ethyl adjacent to an activating group) is 1. The number of benzene rings is 2. The molecule has 0 bridgehead atoms. The third-order valence-electron chi connectivity index (χ3n) is 5.32. The molecule has 180 valence electrons. The van der Waals surface area contributed by atoms with Crippen molar-refractivity contribution in [3.63, 3.8) is 0 Å². The fourth-order valence-corrected chi connectivity index (χ4v) is 4.59. The lowest BCUT2D eigenvalue weighted by Gasteiger charge is -2.30. The van der Waals surface area contributed by atoms with E-state index in [2.05, 4.69) is 5.32 Å². The van der Waals surface area contributed by atoms with Gasteiger partial charge in [-0.25, -0.2) is 8.42 Å². The molecule has 0 saturated heterocycles. The van der Waals surface area contributed by atoms with E-state index in [1.807, 2.05) is 37.3 Å². The Morgan fingerprint density at radius 3 is 2.36 bits per heavy atom. The molecule has 9 heteroatoms. The van der Waals surface area contributed by atoms with Crippen LogP contribution in [0.3, 0.4) is 0 Å². The van der Waals surface area contributed by atoms with E-state index in [4.69, 9.17) is 4.74 Å². The first-order valence-electron chi connectivity index (χ1n) is 10.9. The number of nitrogens with one attached hydrogen (secondary N) is 1. The molecule has 0 heterocycles. The van der Waals surface area contributed by atoms with Gasteiger partial charge in [-0.3, -0.25) is 13.9 Å². The fourth-order valence-electron chi connectivity index (χ4n) is 3.64. The predicted molar refractivity (Wildman–Crippen MR) is 130 cm³/mol. The highest BCUT2D eigenvalue weighted by atomic mass is 32.2. The molecule has 0 aromatic heterocycles. The van der Waals surface area contributed by atoms with E-state index < -0.39 is 16.1 Å². The van der Waals surface area contributed by atoms with Crippen LogP contribution in [-0.2, 0) is 26.2 Å². The van der Waals surface area contributed by atoms with Crippen LogP contribution in [0.15, 0.2) is 54.6 Å². The van der Waals surface area contributed by atoms with E-state index in [9.17, 15) is 18.0 Å². The first kappa shape index (κ1) is 26.2. The van der Waals surface area contributed by atoms with Gasteiger partial charge in [0.15, 0.2) is 0 Å². The van der Waals surface area contributed by atoms with Gasteiger partial charge in [0.25, 0.3) is 0 Å². The first-order valence-corrected chi connectivity index (χ1v) is 12.7. The quantitative estimate of drug-likeness (QED) is 0.509. The second-order valence-corrected chi connectivity index (χ2v) is 9.59.